The predicted molar refractivity (Wildman–Crippen MR) is 78.3 cm³/mol. The molecule has 0 aromatic carbocycles. The van der Waals surface area contributed by atoms with Crippen LogP contribution >= 0.6 is 0 Å². The molecule has 2 rings (SSSR count). The lowest BCUT2D eigenvalue weighted by Crippen LogP contribution is -2.35. The van der Waals surface area contributed by atoms with Crippen molar-refractivity contribution in [2.75, 3.05) is 0 Å². The van der Waals surface area contributed by atoms with Crippen LogP contribution in [0.3, 0.4) is 0 Å². The Labute approximate surface area is 111 Å². The van der Waals surface area contributed by atoms with Gasteiger partial charge in [0.05, 0.1) is 5.54 Å². The van der Waals surface area contributed by atoms with Crippen LogP contribution in [-0.4, -0.2) is 16.3 Å². The van der Waals surface area contributed by atoms with Gasteiger partial charge in [0.2, 0.25) is 0 Å². The molecule has 2 aliphatic heterocycles. The van der Waals surface area contributed by atoms with Gasteiger partial charge in [0.1, 0.15) is 5.84 Å². The molecule has 0 aromatic heterocycles. The highest BCUT2D eigenvalue weighted by atomic mass is 15.2. The van der Waals surface area contributed by atoms with Crippen LogP contribution in [0.4, 0.5) is 0 Å². The summed E-state index contributed by atoms with van der Waals surface area (Å²) in [7, 11) is 0. The second kappa shape index (κ2) is 4.42. The van der Waals surface area contributed by atoms with Crippen LogP contribution in [0.2, 0.25) is 0 Å². The molecule has 0 radical (unpaired) electrons. The molecule has 0 aliphatic carbocycles. The van der Waals surface area contributed by atoms with Crippen LogP contribution in [0.25, 0.3) is 0 Å². The lowest BCUT2D eigenvalue weighted by atomic mass is 9.87. The van der Waals surface area contributed by atoms with Crippen molar-refractivity contribution in [3.05, 3.63) is 36.7 Å². The molecule has 0 saturated carbocycles. The third-order valence-electron chi connectivity index (χ3n) is 4.35. The fraction of sp³-hybridized carbons (Fsp3) is 0.562. The Morgan fingerprint density at radius 3 is 2.44 bits per heavy atom. The lowest BCUT2D eigenvalue weighted by Gasteiger charge is -2.33. The number of aliphatic imine (C=N–C) groups is 1. The topological polar surface area (TPSA) is 15.6 Å². The van der Waals surface area contributed by atoms with E-state index in [1.165, 1.54) is 0 Å². The summed E-state index contributed by atoms with van der Waals surface area (Å²) in [6, 6.07) is 0. The van der Waals surface area contributed by atoms with E-state index in [4.69, 9.17) is 4.99 Å². The van der Waals surface area contributed by atoms with Crippen molar-refractivity contribution in [1.29, 1.82) is 0 Å². The highest BCUT2D eigenvalue weighted by molar-refractivity contribution is 5.96. The van der Waals surface area contributed by atoms with Crippen molar-refractivity contribution in [3.63, 3.8) is 0 Å². The maximum absolute atomic E-state index is 4.91. The van der Waals surface area contributed by atoms with Gasteiger partial charge in [-0.15, -0.1) is 0 Å². The minimum Gasteiger partial charge on any atom is -0.309 e. The number of hydrogen-bond donors (Lipinski definition) is 0. The Bertz CT molecular complexity index is 442. The summed E-state index contributed by atoms with van der Waals surface area (Å²) in [5.41, 5.74) is 0.0545. The first-order valence-electron chi connectivity index (χ1n) is 6.85. The summed E-state index contributed by atoms with van der Waals surface area (Å²) in [6.45, 7) is 11.1. The molecule has 0 spiro atoms. The van der Waals surface area contributed by atoms with E-state index in [9.17, 15) is 0 Å². The molecule has 2 heteroatoms. The molecule has 0 bridgehead atoms. The summed E-state index contributed by atoms with van der Waals surface area (Å²) in [5.74, 6) is 1.55. The van der Waals surface area contributed by atoms with E-state index in [2.05, 4.69) is 76.2 Å². The van der Waals surface area contributed by atoms with Gasteiger partial charge in [0, 0.05) is 17.8 Å². The van der Waals surface area contributed by atoms with Crippen molar-refractivity contribution < 1.29 is 0 Å². The molecule has 2 unspecified atom stereocenters. The van der Waals surface area contributed by atoms with Crippen molar-refractivity contribution in [1.82, 2.24) is 4.90 Å². The zero-order valence-electron chi connectivity index (χ0n) is 12.1. The zero-order valence-corrected chi connectivity index (χ0v) is 12.1. The monoisotopic (exact) mass is 244 g/mol. The molecular weight excluding hydrogens is 220 g/mol. The van der Waals surface area contributed by atoms with Crippen molar-refractivity contribution in [3.8, 4) is 0 Å². The number of hydrogen-bond acceptors (Lipinski definition) is 2. The standard InChI is InChI=1S/C16H24N2/c1-6-15(4)8-7-14-17-16(5,13(2)3)10-12-18(14)11-9-15/h7-13H,6H2,1-5H3. The molecule has 2 atom stereocenters. The fourth-order valence-electron chi connectivity index (χ4n) is 2.03. The van der Waals surface area contributed by atoms with Gasteiger partial charge in [-0.25, -0.2) is 0 Å². The molecule has 2 aliphatic rings. The Kier molecular flexibility index (Phi) is 3.22. The second-order valence-corrected chi connectivity index (χ2v) is 6.08. The SMILES string of the molecule is CCC1(C)C=CC2=NC(C)(C(C)C)C=CN2C=C1. The number of allylic oxidation sites excluding steroid dienone is 2. The highest BCUT2D eigenvalue weighted by Gasteiger charge is 2.30. The summed E-state index contributed by atoms with van der Waals surface area (Å²) < 4.78 is 0. The van der Waals surface area contributed by atoms with E-state index in [-0.39, 0.29) is 11.0 Å². The van der Waals surface area contributed by atoms with Crippen LogP contribution in [0, 0.1) is 11.3 Å². The van der Waals surface area contributed by atoms with E-state index in [1.54, 1.807) is 0 Å². The van der Waals surface area contributed by atoms with Crippen molar-refractivity contribution in [2.24, 2.45) is 16.3 Å². The summed E-state index contributed by atoms with van der Waals surface area (Å²) in [6.07, 6.45) is 14.3. The summed E-state index contributed by atoms with van der Waals surface area (Å²) in [5, 5.41) is 0. The van der Waals surface area contributed by atoms with Gasteiger partial charge in [-0.05, 0) is 31.4 Å². The van der Waals surface area contributed by atoms with Gasteiger partial charge < -0.3 is 4.90 Å². The van der Waals surface area contributed by atoms with Gasteiger partial charge in [-0.3, -0.25) is 4.99 Å². The second-order valence-electron chi connectivity index (χ2n) is 6.08. The molecule has 18 heavy (non-hydrogen) atoms. The minimum absolute atomic E-state index is 0.0863. The number of fused-ring (bicyclic) bond motifs is 1. The van der Waals surface area contributed by atoms with Crippen LogP contribution in [0.15, 0.2) is 41.7 Å². The maximum Gasteiger partial charge on any atom is 0.132 e. The molecule has 2 nitrogen and oxygen atoms in total. The first kappa shape index (κ1) is 13.1. The van der Waals surface area contributed by atoms with Crippen molar-refractivity contribution in [2.45, 2.75) is 46.6 Å². The Hall–Kier alpha value is -1.31. The van der Waals surface area contributed by atoms with Crippen LogP contribution in [0.5, 0.6) is 0 Å². The normalized spacial score (nSPS) is 34.6. The Balaban J connectivity index is 2.38. The number of rotatable bonds is 2. The molecule has 2 heterocycles. The minimum atomic E-state index is -0.0863. The van der Waals surface area contributed by atoms with Gasteiger partial charge in [-0.1, -0.05) is 39.8 Å². The molecule has 0 aromatic rings. The van der Waals surface area contributed by atoms with E-state index in [0.717, 1.165) is 12.3 Å². The number of nitrogens with zero attached hydrogens (tertiary/aromatic N) is 2. The maximum atomic E-state index is 4.91. The van der Waals surface area contributed by atoms with Crippen LogP contribution in [-0.2, 0) is 0 Å². The largest absolute Gasteiger partial charge is 0.309 e. The van der Waals surface area contributed by atoms with Crippen LogP contribution in [0.1, 0.15) is 41.0 Å². The predicted octanol–water partition coefficient (Wildman–Crippen LogP) is 4.13. The summed E-state index contributed by atoms with van der Waals surface area (Å²) in [4.78, 5) is 7.03. The van der Waals surface area contributed by atoms with E-state index in [0.29, 0.717) is 5.92 Å². The first-order chi connectivity index (χ1) is 8.38. The third kappa shape index (κ3) is 2.29. The van der Waals surface area contributed by atoms with E-state index in [1.807, 2.05) is 0 Å². The average Bonchev–Trinajstić information content (AvgIpc) is 2.50. The van der Waals surface area contributed by atoms with E-state index >= 15 is 0 Å². The van der Waals surface area contributed by atoms with Crippen molar-refractivity contribution >= 4 is 5.84 Å². The smallest absolute Gasteiger partial charge is 0.132 e. The van der Waals surface area contributed by atoms with Gasteiger partial charge in [0.15, 0.2) is 0 Å². The van der Waals surface area contributed by atoms with E-state index < -0.39 is 0 Å². The molecule has 0 fully saturated rings. The molecule has 98 valence electrons. The van der Waals surface area contributed by atoms with Gasteiger partial charge >= 0.3 is 0 Å². The Morgan fingerprint density at radius 2 is 1.83 bits per heavy atom. The lowest BCUT2D eigenvalue weighted by molar-refractivity contribution is 0.407. The number of amidine groups is 1. The van der Waals surface area contributed by atoms with Gasteiger partial charge in [0.25, 0.3) is 0 Å². The average molecular weight is 244 g/mol. The first-order valence-corrected chi connectivity index (χ1v) is 6.85. The summed E-state index contributed by atoms with van der Waals surface area (Å²) >= 11 is 0. The third-order valence-corrected chi connectivity index (χ3v) is 4.35. The fourth-order valence-corrected chi connectivity index (χ4v) is 2.03. The Morgan fingerprint density at radius 1 is 1.17 bits per heavy atom. The molecule has 0 N–H and O–H groups in total. The van der Waals surface area contributed by atoms with Gasteiger partial charge in [-0.2, -0.15) is 0 Å². The highest BCUT2D eigenvalue weighted by Crippen LogP contribution is 2.31. The zero-order chi connectivity index (χ0) is 13.4. The van der Waals surface area contributed by atoms with Crippen LogP contribution < -0.4 is 0 Å². The molecule has 0 saturated heterocycles. The molecule has 0 amide bonds. The molecular formula is C16H24N2. The quantitative estimate of drug-likeness (QED) is 0.713.